The molecule has 0 radical (unpaired) electrons. The smallest absolute Gasteiger partial charge is 0.339 e. The molecule has 4 atom stereocenters. The summed E-state index contributed by atoms with van der Waals surface area (Å²) in [5, 5.41) is 0.941. The number of ketones is 1. The number of imide groups is 1. The standard InChI is InChI=1S/C36H31Cl2FN2O5/c1-19-3-12-26-27(17-19)35(44)41(34(26)43)24-10-6-21(7-11-24)30-18-28(25-13-14-29(38)20(2)32(25)40-30)36(45)46-31(15-16-37)33(42)22-4-8-23(39)9-5-22/h4-11,13-14,18-19,26-27,31H,3,12,15-17H2,1-2H3. The molecule has 4 unspecified atom stereocenters. The van der Waals surface area contributed by atoms with E-state index in [1.54, 1.807) is 49.4 Å². The number of ether oxygens (including phenoxy) is 1. The fourth-order valence-electron chi connectivity index (χ4n) is 6.48. The van der Waals surface area contributed by atoms with Crippen molar-refractivity contribution in [3.8, 4) is 11.3 Å². The first-order valence-electron chi connectivity index (χ1n) is 15.2. The van der Waals surface area contributed by atoms with Crippen molar-refractivity contribution < 1.29 is 28.3 Å². The van der Waals surface area contributed by atoms with Crippen molar-refractivity contribution in [3.63, 3.8) is 0 Å². The van der Waals surface area contributed by atoms with E-state index in [2.05, 4.69) is 6.92 Å². The Kier molecular flexibility index (Phi) is 8.95. The summed E-state index contributed by atoms with van der Waals surface area (Å²) >= 11 is 12.4. The number of aromatic nitrogens is 1. The van der Waals surface area contributed by atoms with Gasteiger partial charge in [-0.25, -0.2) is 14.2 Å². The molecule has 1 saturated heterocycles. The Balaban J connectivity index is 1.34. The van der Waals surface area contributed by atoms with E-state index < -0.39 is 23.7 Å². The number of halogens is 3. The van der Waals surface area contributed by atoms with E-state index in [9.17, 15) is 23.6 Å². The third-order valence-electron chi connectivity index (χ3n) is 9.04. The third kappa shape index (κ3) is 5.92. The maximum Gasteiger partial charge on any atom is 0.339 e. The number of aryl methyl sites for hydroxylation is 1. The molecule has 0 N–H and O–H groups in total. The van der Waals surface area contributed by atoms with Gasteiger partial charge in [0.2, 0.25) is 17.6 Å². The van der Waals surface area contributed by atoms with Crippen molar-refractivity contribution in [2.45, 2.75) is 45.6 Å². The van der Waals surface area contributed by atoms with Crippen molar-refractivity contribution in [2.24, 2.45) is 17.8 Å². The molecule has 2 heterocycles. The summed E-state index contributed by atoms with van der Waals surface area (Å²) in [6.07, 6.45) is 1.22. The van der Waals surface area contributed by atoms with E-state index in [4.69, 9.17) is 32.9 Å². The molecule has 2 amide bonds. The largest absolute Gasteiger partial charge is 0.450 e. The Morgan fingerprint density at radius 3 is 2.39 bits per heavy atom. The molecule has 3 aromatic carbocycles. The number of carbonyl (C=O) groups excluding carboxylic acids is 4. The zero-order valence-electron chi connectivity index (χ0n) is 25.3. The highest BCUT2D eigenvalue weighted by Crippen LogP contribution is 2.42. The molecule has 1 aliphatic heterocycles. The molecule has 2 aliphatic rings. The molecule has 46 heavy (non-hydrogen) atoms. The predicted octanol–water partition coefficient (Wildman–Crippen LogP) is 7.97. The van der Waals surface area contributed by atoms with Gasteiger partial charge >= 0.3 is 5.97 Å². The van der Waals surface area contributed by atoms with Gasteiger partial charge in [-0.3, -0.25) is 19.3 Å². The van der Waals surface area contributed by atoms with Crippen LogP contribution in [0.4, 0.5) is 10.1 Å². The van der Waals surface area contributed by atoms with Gasteiger partial charge in [-0.2, -0.15) is 0 Å². The van der Waals surface area contributed by atoms with Gasteiger partial charge in [0, 0.05) is 33.8 Å². The number of alkyl halides is 1. The number of fused-ring (bicyclic) bond motifs is 2. The molecule has 0 bridgehead atoms. The number of carbonyl (C=O) groups is 4. The fourth-order valence-corrected chi connectivity index (χ4v) is 6.83. The topological polar surface area (TPSA) is 93.6 Å². The Morgan fingerprint density at radius 1 is 1.00 bits per heavy atom. The lowest BCUT2D eigenvalue weighted by Crippen LogP contribution is -2.30. The van der Waals surface area contributed by atoms with Crippen LogP contribution >= 0.6 is 23.2 Å². The second-order valence-electron chi connectivity index (χ2n) is 12.1. The Hall–Kier alpha value is -4.14. The van der Waals surface area contributed by atoms with Crippen LogP contribution in [0.2, 0.25) is 5.02 Å². The van der Waals surface area contributed by atoms with Crippen LogP contribution in [-0.4, -0.2) is 40.5 Å². The number of pyridine rings is 1. The van der Waals surface area contributed by atoms with Gasteiger partial charge in [0.05, 0.1) is 34.3 Å². The molecule has 236 valence electrons. The molecule has 10 heteroatoms. The van der Waals surface area contributed by atoms with Gasteiger partial charge in [-0.1, -0.05) is 36.7 Å². The molecule has 1 aliphatic carbocycles. The molecule has 0 spiro atoms. The summed E-state index contributed by atoms with van der Waals surface area (Å²) in [5.41, 5.74) is 3.03. The van der Waals surface area contributed by atoms with Gasteiger partial charge in [-0.05, 0) is 86.2 Å². The van der Waals surface area contributed by atoms with Gasteiger partial charge in [-0.15, -0.1) is 11.6 Å². The van der Waals surface area contributed by atoms with Gasteiger partial charge < -0.3 is 4.74 Å². The first-order chi connectivity index (χ1) is 22.1. The van der Waals surface area contributed by atoms with Crippen molar-refractivity contribution in [3.05, 3.63) is 94.3 Å². The Labute approximate surface area is 275 Å². The molecule has 7 nitrogen and oxygen atoms in total. The minimum Gasteiger partial charge on any atom is -0.450 e. The highest BCUT2D eigenvalue weighted by Gasteiger charge is 2.50. The average Bonchev–Trinajstić information content (AvgIpc) is 3.30. The Bertz CT molecular complexity index is 1860. The highest BCUT2D eigenvalue weighted by molar-refractivity contribution is 6.32. The Morgan fingerprint density at radius 2 is 1.70 bits per heavy atom. The quantitative estimate of drug-likeness (QED) is 0.0824. The monoisotopic (exact) mass is 660 g/mol. The van der Waals surface area contributed by atoms with Gasteiger partial charge in [0.15, 0.2) is 6.10 Å². The lowest BCUT2D eigenvalue weighted by molar-refractivity contribution is -0.122. The predicted molar refractivity (Wildman–Crippen MR) is 175 cm³/mol. The van der Waals surface area contributed by atoms with E-state index in [0.29, 0.717) is 57.2 Å². The van der Waals surface area contributed by atoms with Gasteiger partial charge in [0.25, 0.3) is 0 Å². The van der Waals surface area contributed by atoms with Crippen LogP contribution in [0.5, 0.6) is 0 Å². The summed E-state index contributed by atoms with van der Waals surface area (Å²) in [6, 6.07) is 16.8. The number of amides is 2. The number of esters is 1. The molecule has 6 rings (SSSR count). The number of rotatable bonds is 8. The zero-order chi connectivity index (χ0) is 32.7. The van der Waals surface area contributed by atoms with Crippen molar-refractivity contribution in [2.75, 3.05) is 10.8 Å². The number of nitrogens with zero attached hydrogens (tertiary/aromatic N) is 2. The summed E-state index contributed by atoms with van der Waals surface area (Å²) in [6.45, 7) is 3.90. The van der Waals surface area contributed by atoms with Crippen LogP contribution in [0, 0.1) is 30.5 Å². The van der Waals surface area contributed by atoms with E-state index in [-0.39, 0.29) is 47.1 Å². The number of hydrogen-bond acceptors (Lipinski definition) is 6. The van der Waals surface area contributed by atoms with E-state index in [0.717, 1.165) is 18.6 Å². The van der Waals surface area contributed by atoms with Crippen molar-refractivity contribution >= 4 is 63.4 Å². The lowest BCUT2D eigenvalue weighted by Gasteiger charge is -2.25. The van der Waals surface area contributed by atoms with E-state index >= 15 is 0 Å². The lowest BCUT2D eigenvalue weighted by atomic mass is 9.76. The summed E-state index contributed by atoms with van der Waals surface area (Å²) in [4.78, 5) is 59.5. The zero-order valence-corrected chi connectivity index (χ0v) is 26.8. The van der Waals surface area contributed by atoms with Gasteiger partial charge in [0.1, 0.15) is 5.82 Å². The number of Topliss-reactive ketones (excluding diaryl/α,β-unsaturated/α-hetero) is 1. The molecule has 1 aromatic heterocycles. The number of benzene rings is 3. The minimum atomic E-state index is -1.20. The van der Waals surface area contributed by atoms with E-state index in [1.807, 2.05) is 0 Å². The second-order valence-corrected chi connectivity index (χ2v) is 12.8. The van der Waals surface area contributed by atoms with E-state index in [1.165, 1.54) is 17.0 Å². The molecular weight excluding hydrogens is 630 g/mol. The molecule has 1 saturated carbocycles. The maximum atomic E-state index is 13.7. The maximum absolute atomic E-state index is 13.7. The molecule has 4 aromatic rings. The first kappa shape index (κ1) is 31.8. The van der Waals surface area contributed by atoms with Crippen LogP contribution in [0.15, 0.2) is 66.7 Å². The van der Waals surface area contributed by atoms with Crippen LogP contribution in [0.3, 0.4) is 0 Å². The van der Waals surface area contributed by atoms with Crippen LogP contribution < -0.4 is 4.90 Å². The number of anilines is 1. The summed E-state index contributed by atoms with van der Waals surface area (Å²) < 4.78 is 19.2. The first-order valence-corrected chi connectivity index (χ1v) is 16.1. The fraction of sp³-hybridized carbons (Fsp3) is 0.306. The minimum absolute atomic E-state index is 0.0524. The van der Waals surface area contributed by atoms with Crippen LogP contribution in [0.25, 0.3) is 22.2 Å². The third-order valence-corrected chi connectivity index (χ3v) is 9.67. The van der Waals surface area contributed by atoms with Crippen molar-refractivity contribution in [1.29, 1.82) is 0 Å². The van der Waals surface area contributed by atoms with Crippen LogP contribution in [0.1, 0.15) is 58.9 Å². The molecule has 2 fully saturated rings. The average molecular weight is 662 g/mol. The summed E-state index contributed by atoms with van der Waals surface area (Å²) in [7, 11) is 0. The van der Waals surface area contributed by atoms with Crippen molar-refractivity contribution in [1.82, 2.24) is 4.98 Å². The SMILES string of the molecule is Cc1c(Cl)ccc2c(C(=O)OC(CCCl)C(=O)c3ccc(F)cc3)cc(-c3ccc(N4C(=O)C5CCC(C)CC5C4=O)cc3)nc12. The normalized spacial score (nSPS) is 20.1. The highest BCUT2D eigenvalue weighted by atomic mass is 35.5. The number of hydrogen-bond donors (Lipinski definition) is 0. The molecular formula is C36H31Cl2FN2O5. The summed E-state index contributed by atoms with van der Waals surface area (Å²) in [5.74, 6) is -2.16. The van der Waals surface area contributed by atoms with Crippen LogP contribution in [-0.2, 0) is 14.3 Å². The second kappa shape index (κ2) is 12.9.